The quantitative estimate of drug-likeness (QED) is 0.0265. The maximum atomic E-state index is 10.9. The molecule has 8 N–H and O–H groups in total. The van der Waals surface area contributed by atoms with Crippen LogP contribution in [0.5, 0.6) is 0 Å². The van der Waals surface area contributed by atoms with Gasteiger partial charge in [-0.3, -0.25) is 20.4 Å². The van der Waals surface area contributed by atoms with E-state index in [4.69, 9.17) is 11.5 Å². The molecule has 1 saturated heterocycles. The van der Waals surface area contributed by atoms with Gasteiger partial charge in [-0.15, -0.1) is 0 Å². The normalized spacial score (nSPS) is 17.5. The number of aliphatic hydroxyl groups is 2. The summed E-state index contributed by atoms with van der Waals surface area (Å²) in [6.45, 7) is 15.3. The minimum atomic E-state index is -0.448. The molecule has 6 atom stereocenters. The molecule has 0 radical (unpaired) electrons. The van der Waals surface area contributed by atoms with E-state index >= 15 is 0 Å². The molecule has 0 aromatic carbocycles. The Balaban J connectivity index is 2.41. The zero-order valence-corrected chi connectivity index (χ0v) is 40.6. The lowest BCUT2D eigenvalue weighted by atomic mass is 9.92. The zero-order valence-electron chi connectivity index (χ0n) is 40.6. The first kappa shape index (κ1) is 57.2. The predicted molar refractivity (Wildman–Crippen MR) is 263 cm³/mol. The summed E-state index contributed by atoms with van der Waals surface area (Å²) in [5.74, 6) is 1.38. The molecule has 0 aromatic rings. The molecular formula is C52H106N6O2. The fraction of sp³-hybridized carbons (Fsp3) is 0.923. The standard InChI is InChI=1S/C52H106N6O2/c1-5-7-9-11-13-15-17-19-21-23-25-27-29-33-49(35-31-39-53)37-41-55-51(47(3)59)57-43-45-58(46-44-57)52(48(4)60)56-42-38-50(36-32-40-54)34-30-28-26-24-22-20-18-16-14-12-10-8-6-2/h19-22,47-52,55-56,59-60H,5-18,23-46,53-54H2,1-4H3. The second-order valence-electron chi connectivity index (χ2n) is 18.9. The third kappa shape index (κ3) is 31.9. The van der Waals surface area contributed by atoms with Crippen molar-refractivity contribution >= 4 is 0 Å². The van der Waals surface area contributed by atoms with Crippen molar-refractivity contribution < 1.29 is 10.2 Å². The summed E-state index contributed by atoms with van der Waals surface area (Å²) in [4.78, 5) is 4.84. The van der Waals surface area contributed by atoms with E-state index in [0.29, 0.717) is 11.8 Å². The summed E-state index contributed by atoms with van der Waals surface area (Å²) < 4.78 is 0. The van der Waals surface area contributed by atoms with Gasteiger partial charge < -0.3 is 21.7 Å². The minimum Gasteiger partial charge on any atom is -0.390 e. The summed E-state index contributed by atoms with van der Waals surface area (Å²) in [6.07, 6.45) is 47.3. The van der Waals surface area contributed by atoms with Crippen molar-refractivity contribution in [3.63, 3.8) is 0 Å². The number of hydrogen-bond acceptors (Lipinski definition) is 8. The monoisotopic (exact) mass is 847 g/mol. The van der Waals surface area contributed by atoms with Gasteiger partial charge in [-0.2, -0.15) is 0 Å². The molecule has 0 spiro atoms. The van der Waals surface area contributed by atoms with Crippen LogP contribution in [0.2, 0.25) is 0 Å². The Bertz CT molecular complexity index is 865. The van der Waals surface area contributed by atoms with Crippen molar-refractivity contribution in [2.75, 3.05) is 52.4 Å². The van der Waals surface area contributed by atoms with Gasteiger partial charge in [0.25, 0.3) is 0 Å². The molecule has 6 unspecified atom stereocenters. The molecule has 1 aliphatic rings. The van der Waals surface area contributed by atoms with Gasteiger partial charge in [0.15, 0.2) is 0 Å². The highest BCUT2D eigenvalue weighted by Gasteiger charge is 2.31. The Morgan fingerprint density at radius 1 is 0.433 bits per heavy atom. The van der Waals surface area contributed by atoms with E-state index in [1.54, 1.807) is 0 Å². The van der Waals surface area contributed by atoms with Gasteiger partial charge in [0.1, 0.15) is 0 Å². The Kier molecular flexibility index (Phi) is 40.1. The number of unbranched alkanes of at least 4 members (excludes halogenated alkanes) is 18. The molecule has 0 saturated carbocycles. The van der Waals surface area contributed by atoms with E-state index in [2.05, 4.69) is 58.6 Å². The molecule has 8 nitrogen and oxygen atoms in total. The largest absolute Gasteiger partial charge is 0.390 e. The maximum absolute atomic E-state index is 10.9. The van der Waals surface area contributed by atoms with E-state index in [1.807, 2.05) is 13.8 Å². The van der Waals surface area contributed by atoms with Gasteiger partial charge in [0, 0.05) is 26.2 Å². The summed E-state index contributed by atoms with van der Waals surface area (Å²) in [5.41, 5.74) is 11.9. The first-order valence-corrected chi connectivity index (χ1v) is 26.4. The molecule has 356 valence electrons. The van der Waals surface area contributed by atoms with Crippen LogP contribution in [0.4, 0.5) is 0 Å². The van der Waals surface area contributed by atoms with Gasteiger partial charge in [0.05, 0.1) is 24.5 Å². The highest BCUT2D eigenvalue weighted by Crippen LogP contribution is 2.22. The van der Waals surface area contributed by atoms with Gasteiger partial charge >= 0.3 is 0 Å². The Hall–Kier alpha value is -0.840. The number of aliphatic hydroxyl groups excluding tert-OH is 2. The Morgan fingerprint density at radius 2 is 0.733 bits per heavy atom. The van der Waals surface area contributed by atoms with Gasteiger partial charge in [-0.25, -0.2) is 0 Å². The molecule has 1 heterocycles. The highest BCUT2D eigenvalue weighted by molar-refractivity contribution is 4.86. The lowest BCUT2D eigenvalue weighted by molar-refractivity contribution is -0.0261. The van der Waals surface area contributed by atoms with Crippen LogP contribution in [0.3, 0.4) is 0 Å². The van der Waals surface area contributed by atoms with Crippen molar-refractivity contribution in [3.8, 4) is 0 Å². The van der Waals surface area contributed by atoms with E-state index in [0.717, 1.165) is 78.0 Å². The fourth-order valence-electron chi connectivity index (χ4n) is 9.35. The molecule has 8 heteroatoms. The molecule has 0 aliphatic carbocycles. The number of rotatable bonds is 44. The topological polar surface area (TPSA) is 123 Å². The van der Waals surface area contributed by atoms with Crippen LogP contribution in [0, 0.1) is 11.8 Å². The molecule has 60 heavy (non-hydrogen) atoms. The van der Waals surface area contributed by atoms with Crippen molar-refractivity contribution in [3.05, 3.63) is 24.3 Å². The number of nitrogens with one attached hydrogen (secondary N) is 2. The zero-order chi connectivity index (χ0) is 43.7. The molecular weight excluding hydrogens is 741 g/mol. The smallest absolute Gasteiger partial charge is 0.0863 e. The summed E-state index contributed by atoms with van der Waals surface area (Å²) in [5, 5.41) is 29.3. The van der Waals surface area contributed by atoms with Crippen molar-refractivity contribution in [2.45, 2.75) is 245 Å². The Labute approximate surface area is 374 Å². The molecule has 1 aliphatic heterocycles. The molecule has 0 bridgehead atoms. The average molecular weight is 847 g/mol. The molecule has 0 amide bonds. The fourth-order valence-corrected chi connectivity index (χ4v) is 9.35. The molecule has 1 rings (SSSR count). The third-order valence-corrected chi connectivity index (χ3v) is 13.2. The van der Waals surface area contributed by atoms with Gasteiger partial charge in [-0.05, 0) is 142 Å². The number of piperazine rings is 1. The van der Waals surface area contributed by atoms with Crippen LogP contribution in [0.15, 0.2) is 24.3 Å². The number of hydrogen-bond donors (Lipinski definition) is 6. The second kappa shape index (κ2) is 42.1. The van der Waals surface area contributed by atoms with E-state index in [9.17, 15) is 10.2 Å². The summed E-state index contributed by atoms with van der Waals surface area (Å²) in [7, 11) is 0. The first-order chi connectivity index (χ1) is 29.4. The van der Waals surface area contributed by atoms with Crippen LogP contribution in [-0.4, -0.2) is 96.9 Å². The van der Waals surface area contributed by atoms with Crippen molar-refractivity contribution in [1.82, 2.24) is 20.4 Å². The lowest BCUT2D eigenvalue weighted by Crippen LogP contribution is -2.63. The van der Waals surface area contributed by atoms with Gasteiger partial charge in [-0.1, -0.05) is 141 Å². The molecule has 0 aromatic heterocycles. The average Bonchev–Trinajstić information content (AvgIpc) is 3.24. The van der Waals surface area contributed by atoms with Crippen LogP contribution >= 0.6 is 0 Å². The SMILES string of the molecule is CCCCCCCCC=CCCCCCC(CCCN)CCNC(C(C)O)N1CCN(C(NCCC(CCCN)CCCCCC=CCCCCCCCC)C(C)O)CC1. The predicted octanol–water partition coefficient (Wildman–Crippen LogP) is 11.2. The van der Waals surface area contributed by atoms with E-state index < -0.39 is 12.2 Å². The molecule has 1 fully saturated rings. The van der Waals surface area contributed by atoms with Crippen molar-refractivity contribution in [2.24, 2.45) is 23.3 Å². The maximum Gasteiger partial charge on any atom is 0.0863 e. The first-order valence-electron chi connectivity index (χ1n) is 26.4. The minimum absolute atomic E-state index is 0.0483. The lowest BCUT2D eigenvalue weighted by Gasteiger charge is -2.44. The number of nitrogens with zero attached hydrogens (tertiary/aromatic N) is 2. The second-order valence-corrected chi connectivity index (χ2v) is 18.9. The van der Waals surface area contributed by atoms with E-state index in [-0.39, 0.29) is 12.3 Å². The Morgan fingerprint density at radius 3 is 1.05 bits per heavy atom. The number of nitrogens with two attached hydrogens (primary N) is 2. The number of allylic oxidation sites excluding steroid dienone is 4. The van der Waals surface area contributed by atoms with Crippen LogP contribution in [0.25, 0.3) is 0 Å². The van der Waals surface area contributed by atoms with Crippen molar-refractivity contribution in [1.29, 1.82) is 0 Å². The van der Waals surface area contributed by atoms with E-state index in [1.165, 1.54) is 167 Å². The highest BCUT2D eigenvalue weighted by atomic mass is 16.3. The van der Waals surface area contributed by atoms with Crippen LogP contribution in [0.1, 0.15) is 220 Å². The van der Waals surface area contributed by atoms with Gasteiger partial charge in [0.2, 0.25) is 0 Å². The summed E-state index contributed by atoms with van der Waals surface area (Å²) in [6, 6.07) is 0. The third-order valence-electron chi connectivity index (χ3n) is 13.2. The summed E-state index contributed by atoms with van der Waals surface area (Å²) >= 11 is 0. The van der Waals surface area contributed by atoms with Crippen LogP contribution < -0.4 is 22.1 Å². The van der Waals surface area contributed by atoms with Crippen LogP contribution in [-0.2, 0) is 0 Å².